The highest BCUT2D eigenvalue weighted by molar-refractivity contribution is 5.80. The van der Waals surface area contributed by atoms with Gasteiger partial charge < -0.3 is 20.9 Å². The van der Waals surface area contributed by atoms with E-state index in [1.54, 1.807) is 4.90 Å². The van der Waals surface area contributed by atoms with Crippen molar-refractivity contribution < 1.29 is 9.59 Å². The number of anilines is 1. The molecule has 25 heavy (non-hydrogen) atoms. The summed E-state index contributed by atoms with van der Waals surface area (Å²) in [5.74, 6) is 0.463. The molecule has 0 aliphatic carbocycles. The van der Waals surface area contributed by atoms with E-state index in [2.05, 4.69) is 15.2 Å². The third kappa shape index (κ3) is 4.61. The highest BCUT2D eigenvalue weighted by Crippen LogP contribution is 2.18. The van der Waals surface area contributed by atoms with Gasteiger partial charge in [0.2, 0.25) is 5.91 Å². The van der Waals surface area contributed by atoms with Crippen molar-refractivity contribution >= 4 is 17.8 Å². The van der Waals surface area contributed by atoms with Crippen molar-refractivity contribution in [2.75, 3.05) is 31.1 Å². The maximum absolute atomic E-state index is 12.2. The average Bonchev–Trinajstić information content (AvgIpc) is 2.97. The van der Waals surface area contributed by atoms with Gasteiger partial charge in [0.25, 0.3) is 0 Å². The van der Waals surface area contributed by atoms with E-state index in [1.807, 2.05) is 18.3 Å². The molecule has 1 atom stereocenters. The zero-order chi connectivity index (χ0) is 17.6. The Morgan fingerprint density at radius 3 is 2.52 bits per heavy atom. The minimum atomic E-state index is -0.330. The van der Waals surface area contributed by atoms with Crippen LogP contribution in [0.5, 0.6) is 0 Å². The Bertz CT molecular complexity index is 596. The Morgan fingerprint density at radius 1 is 1.16 bits per heavy atom. The lowest BCUT2D eigenvalue weighted by Gasteiger charge is -2.21. The van der Waals surface area contributed by atoms with E-state index in [0.29, 0.717) is 26.1 Å². The molecule has 1 aromatic heterocycles. The summed E-state index contributed by atoms with van der Waals surface area (Å²) in [5, 5.41) is 2.89. The van der Waals surface area contributed by atoms with Gasteiger partial charge in [0.15, 0.2) is 0 Å². The standard InChI is InChI=1S/C18H27N5O2/c19-17(24)15-7-10-23(13-15)18(25)21-12-14-5-6-16(20-11-14)22-8-3-1-2-4-9-22/h5-6,11,15H,1-4,7-10,12-13H2,(H2,19,24)(H,21,25)/t15-/m0/s1. The van der Waals surface area contributed by atoms with Crippen molar-refractivity contribution in [1.29, 1.82) is 0 Å². The molecule has 0 saturated carbocycles. The van der Waals surface area contributed by atoms with Crippen LogP contribution in [0.15, 0.2) is 18.3 Å². The normalized spacial score (nSPS) is 21.0. The molecule has 2 aliphatic rings. The van der Waals surface area contributed by atoms with E-state index >= 15 is 0 Å². The predicted octanol–water partition coefficient (Wildman–Crippen LogP) is 1.48. The number of primary amides is 1. The minimum Gasteiger partial charge on any atom is -0.369 e. The van der Waals surface area contributed by atoms with E-state index in [0.717, 1.165) is 24.5 Å². The smallest absolute Gasteiger partial charge is 0.317 e. The van der Waals surface area contributed by atoms with Crippen LogP contribution in [0.3, 0.4) is 0 Å². The fraction of sp³-hybridized carbons (Fsp3) is 0.611. The summed E-state index contributed by atoms with van der Waals surface area (Å²) in [6.07, 6.45) is 7.52. The highest BCUT2D eigenvalue weighted by atomic mass is 16.2. The Hall–Kier alpha value is -2.31. The molecule has 3 N–H and O–H groups in total. The van der Waals surface area contributed by atoms with Crippen LogP contribution in [-0.2, 0) is 11.3 Å². The molecular weight excluding hydrogens is 318 g/mol. The summed E-state index contributed by atoms with van der Waals surface area (Å²) in [6, 6.07) is 3.90. The molecule has 1 aromatic rings. The van der Waals surface area contributed by atoms with Crippen LogP contribution in [-0.4, -0.2) is 48.0 Å². The van der Waals surface area contributed by atoms with Crippen molar-refractivity contribution in [2.45, 2.75) is 38.6 Å². The summed E-state index contributed by atoms with van der Waals surface area (Å²) >= 11 is 0. The molecule has 3 rings (SSSR count). The molecule has 3 amide bonds. The largest absolute Gasteiger partial charge is 0.369 e. The van der Waals surface area contributed by atoms with E-state index in [1.165, 1.54) is 25.7 Å². The lowest BCUT2D eigenvalue weighted by atomic mass is 10.1. The third-order valence-corrected chi connectivity index (χ3v) is 5.06. The van der Waals surface area contributed by atoms with Crippen LogP contribution in [0.25, 0.3) is 0 Å². The third-order valence-electron chi connectivity index (χ3n) is 5.06. The lowest BCUT2D eigenvalue weighted by Crippen LogP contribution is -2.39. The summed E-state index contributed by atoms with van der Waals surface area (Å²) in [5.41, 5.74) is 6.27. The van der Waals surface area contributed by atoms with Crippen molar-refractivity contribution in [2.24, 2.45) is 11.7 Å². The fourth-order valence-corrected chi connectivity index (χ4v) is 3.47. The molecule has 7 nitrogen and oxygen atoms in total. The number of carbonyl (C=O) groups excluding carboxylic acids is 2. The first-order valence-corrected chi connectivity index (χ1v) is 9.15. The zero-order valence-corrected chi connectivity index (χ0v) is 14.6. The zero-order valence-electron chi connectivity index (χ0n) is 14.6. The number of likely N-dealkylation sites (tertiary alicyclic amines) is 1. The quantitative estimate of drug-likeness (QED) is 0.865. The molecule has 0 unspecified atom stereocenters. The van der Waals surface area contributed by atoms with Crippen LogP contribution in [0.1, 0.15) is 37.7 Å². The van der Waals surface area contributed by atoms with Crippen LogP contribution >= 0.6 is 0 Å². The van der Waals surface area contributed by atoms with Gasteiger partial charge in [-0.1, -0.05) is 18.9 Å². The molecule has 2 fully saturated rings. The van der Waals surface area contributed by atoms with Crippen LogP contribution in [0, 0.1) is 5.92 Å². The van der Waals surface area contributed by atoms with Gasteiger partial charge in [0, 0.05) is 38.9 Å². The Balaban J connectivity index is 1.48. The summed E-state index contributed by atoms with van der Waals surface area (Å²) in [6.45, 7) is 3.56. The number of nitrogens with two attached hydrogens (primary N) is 1. The maximum Gasteiger partial charge on any atom is 0.317 e. The minimum absolute atomic E-state index is 0.152. The van der Waals surface area contributed by atoms with Gasteiger partial charge in [-0.15, -0.1) is 0 Å². The second-order valence-electron chi connectivity index (χ2n) is 6.92. The number of amides is 3. The molecule has 0 bridgehead atoms. The molecule has 2 aliphatic heterocycles. The fourth-order valence-electron chi connectivity index (χ4n) is 3.47. The maximum atomic E-state index is 12.2. The van der Waals surface area contributed by atoms with Crippen molar-refractivity contribution in [3.8, 4) is 0 Å². The van der Waals surface area contributed by atoms with Gasteiger partial charge in [0.1, 0.15) is 5.82 Å². The van der Waals surface area contributed by atoms with Crippen molar-refractivity contribution in [1.82, 2.24) is 15.2 Å². The molecule has 136 valence electrons. The van der Waals surface area contributed by atoms with E-state index < -0.39 is 0 Å². The molecule has 0 aromatic carbocycles. The molecular formula is C18H27N5O2. The van der Waals surface area contributed by atoms with Crippen LogP contribution < -0.4 is 16.0 Å². The molecule has 0 radical (unpaired) electrons. The topological polar surface area (TPSA) is 91.6 Å². The Morgan fingerprint density at radius 2 is 1.92 bits per heavy atom. The van der Waals surface area contributed by atoms with Crippen LogP contribution in [0.2, 0.25) is 0 Å². The number of nitrogens with zero attached hydrogens (tertiary/aromatic N) is 3. The summed E-state index contributed by atoms with van der Waals surface area (Å²) in [4.78, 5) is 31.9. The van der Waals surface area contributed by atoms with Gasteiger partial charge in [-0.05, 0) is 30.9 Å². The highest BCUT2D eigenvalue weighted by Gasteiger charge is 2.29. The first kappa shape index (κ1) is 17.5. The Labute approximate surface area is 148 Å². The second kappa shape index (κ2) is 8.18. The number of rotatable bonds is 4. The number of pyridine rings is 1. The molecule has 7 heteroatoms. The number of aromatic nitrogens is 1. The van der Waals surface area contributed by atoms with Gasteiger partial charge >= 0.3 is 6.03 Å². The van der Waals surface area contributed by atoms with Gasteiger partial charge in [-0.2, -0.15) is 0 Å². The first-order valence-electron chi connectivity index (χ1n) is 9.15. The van der Waals surface area contributed by atoms with Crippen molar-refractivity contribution in [3.05, 3.63) is 23.9 Å². The monoisotopic (exact) mass is 345 g/mol. The Kier molecular flexibility index (Phi) is 5.73. The van der Waals surface area contributed by atoms with E-state index in [9.17, 15) is 9.59 Å². The van der Waals surface area contributed by atoms with Crippen molar-refractivity contribution in [3.63, 3.8) is 0 Å². The first-order chi connectivity index (χ1) is 12.1. The van der Waals surface area contributed by atoms with Gasteiger partial charge in [0.05, 0.1) is 5.92 Å². The average molecular weight is 345 g/mol. The number of hydrogen-bond donors (Lipinski definition) is 2. The number of hydrogen-bond acceptors (Lipinski definition) is 4. The molecule has 3 heterocycles. The number of urea groups is 1. The lowest BCUT2D eigenvalue weighted by molar-refractivity contribution is -0.121. The number of carbonyl (C=O) groups is 2. The molecule has 2 saturated heterocycles. The van der Waals surface area contributed by atoms with Crippen LogP contribution in [0.4, 0.5) is 10.6 Å². The predicted molar refractivity (Wildman–Crippen MR) is 96.0 cm³/mol. The van der Waals surface area contributed by atoms with Gasteiger partial charge in [-0.3, -0.25) is 4.79 Å². The second-order valence-corrected chi connectivity index (χ2v) is 6.92. The number of nitrogens with one attached hydrogen (secondary N) is 1. The summed E-state index contributed by atoms with van der Waals surface area (Å²) in [7, 11) is 0. The van der Waals surface area contributed by atoms with E-state index in [4.69, 9.17) is 5.73 Å². The summed E-state index contributed by atoms with van der Waals surface area (Å²) < 4.78 is 0. The SMILES string of the molecule is NC(=O)[C@H]1CCN(C(=O)NCc2ccc(N3CCCCCC3)nc2)C1. The van der Waals surface area contributed by atoms with Gasteiger partial charge in [-0.25, -0.2) is 9.78 Å². The van der Waals surface area contributed by atoms with E-state index in [-0.39, 0.29) is 17.9 Å². The molecule has 0 spiro atoms.